The molecule has 0 aliphatic heterocycles. The van der Waals surface area contributed by atoms with Crippen LogP contribution in [0.3, 0.4) is 0 Å². The Balaban J connectivity index is 2.37. The quantitative estimate of drug-likeness (QED) is 0.749. The summed E-state index contributed by atoms with van der Waals surface area (Å²) in [5.74, 6) is 0. The Morgan fingerprint density at radius 3 is 2.19 bits per heavy atom. The van der Waals surface area contributed by atoms with E-state index in [4.69, 9.17) is 10.6 Å². The molecule has 0 atom stereocenters. The maximum absolute atomic E-state index is 13.7. The summed E-state index contributed by atoms with van der Waals surface area (Å²) in [6.07, 6.45) is -4.95. The molecule has 2 N–H and O–H groups in total. The summed E-state index contributed by atoms with van der Waals surface area (Å²) in [6, 6.07) is 2.90. The van der Waals surface area contributed by atoms with Crippen molar-refractivity contribution in [1.82, 2.24) is 9.78 Å². The highest BCUT2D eigenvalue weighted by atomic mass is 32.2. The topological polar surface area (TPSA) is 78.0 Å². The Labute approximate surface area is 153 Å². The highest BCUT2D eigenvalue weighted by Crippen LogP contribution is 2.34. The van der Waals surface area contributed by atoms with Gasteiger partial charge in [0.1, 0.15) is 5.69 Å². The lowest BCUT2D eigenvalue weighted by Gasteiger charge is -2.10. The second kappa shape index (κ2) is 6.26. The van der Waals surface area contributed by atoms with Gasteiger partial charge >= 0.3 is 6.18 Å². The molecule has 1 heterocycles. The molecule has 136 valence electrons. The van der Waals surface area contributed by atoms with E-state index in [0.717, 1.165) is 5.56 Å². The third kappa shape index (κ3) is 3.63. The molecule has 0 saturated heterocycles. The van der Waals surface area contributed by atoms with Gasteiger partial charge in [-0.3, -0.25) is 0 Å². The molecule has 0 aliphatic rings. The normalized spacial score (nSPS) is 14.5. The van der Waals surface area contributed by atoms with E-state index in [-0.39, 0.29) is 10.4 Å². The van der Waals surface area contributed by atoms with E-state index in [0.29, 0.717) is 11.6 Å². The van der Waals surface area contributed by atoms with Crippen molar-refractivity contribution in [1.29, 1.82) is 0 Å². The van der Waals surface area contributed by atoms with Crippen LogP contribution >= 0.6 is 0 Å². The zero-order valence-corrected chi connectivity index (χ0v) is 14.0. The van der Waals surface area contributed by atoms with Crippen molar-refractivity contribution in [3.63, 3.8) is 0 Å². The molecule has 3 rings (SSSR count). The lowest BCUT2D eigenvalue weighted by molar-refractivity contribution is -0.142. The van der Waals surface area contributed by atoms with Crippen LogP contribution in [0.5, 0.6) is 0 Å². The largest absolute Gasteiger partial charge is 0.433 e. The van der Waals surface area contributed by atoms with E-state index in [1.165, 1.54) is 0 Å². The number of hydrogen-bond acceptors (Lipinski definition) is 3. The van der Waals surface area contributed by atoms with Crippen LogP contribution in [-0.4, -0.2) is 18.2 Å². The van der Waals surface area contributed by atoms with Crippen LogP contribution in [0, 0.1) is 6.92 Å². The van der Waals surface area contributed by atoms with Crippen LogP contribution in [0.25, 0.3) is 16.9 Å². The van der Waals surface area contributed by atoms with E-state index in [1.807, 2.05) is 0 Å². The number of sulfonamides is 1. The van der Waals surface area contributed by atoms with E-state index in [2.05, 4.69) is 5.10 Å². The first-order chi connectivity index (χ1) is 13.7. The minimum atomic E-state index is -4.95. The third-order valence-corrected chi connectivity index (χ3v) is 4.21. The van der Waals surface area contributed by atoms with Crippen LogP contribution in [0.15, 0.2) is 59.4 Å². The second-order valence-electron chi connectivity index (χ2n) is 5.41. The lowest BCUT2D eigenvalue weighted by Crippen LogP contribution is -2.14. The smallest absolute Gasteiger partial charge is 0.228 e. The van der Waals surface area contributed by atoms with Gasteiger partial charge in [0.25, 0.3) is 0 Å². The molecule has 0 saturated carbocycles. The summed E-state index contributed by atoms with van der Waals surface area (Å²) in [6.45, 7) is 1.79. The minimum Gasteiger partial charge on any atom is -0.228 e. The molecule has 0 radical (unpaired) electrons. The van der Waals surface area contributed by atoms with E-state index < -0.39 is 56.6 Å². The van der Waals surface area contributed by atoms with Crippen LogP contribution in [0.2, 0.25) is 0 Å². The van der Waals surface area contributed by atoms with Gasteiger partial charge in [-0.05, 0) is 37.2 Å². The minimum absolute atomic E-state index is 0.116. The number of alkyl halides is 3. The fraction of sp³-hybridized carbons (Fsp3) is 0.118. The molecular weight excluding hydrogens is 367 g/mol. The van der Waals surface area contributed by atoms with Gasteiger partial charge in [0.2, 0.25) is 10.0 Å². The number of rotatable bonds is 3. The summed E-state index contributed by atoms with van der Waals surface area (Å²) in [7, 11) is -4.66. The predicted molar refractivity (Wildman–Crippen MR) is 90.1 cm³/mol. The number of halogens is 3. The van der Waals surface area contributed by atoms with Gasteiger partial charge < -0.3 is 0 Å². The zero-order valence-electron chi connectivity index (χ0n) is 17.2. The maximum Gasteiger partial charge on any atom is 0.433 e. The number of nitrogens with zero attached hydrogens (tertiary/aromatic N) is 2. The van der Waals surface area contributed by atoms with E-state index in [1.54, 1.807) is 31.2 Å². The molecule has 0 aliphatic carbocycles. The lowest BCUT2D eigenvalue weighted by atomic mass is 10.1. The number of primary sulfonamides is 1. The summed E-state index contributed by atoms with van der Waals surface area (Å²) < 4.78 is 96.2. The van der Waals surface area contributed by atoms with Gasteiger partial charge in [-0.15, -0.1) is 0 Å². The number of nitrogens with two attached hydrogens (primary N) is 1. The highest BCUT2D eigenvalue weighted by Gasteiger charge is 2.36. The molecule has 3 aromatic rings. The summed E-state index contributed by atoms with van der Waals surface area (Å²) in [5.41, 5.74) is -1.10. The Bertz CT molecular complexity index is 1230. The fourth-order valence-electron chi connectivity index (χ4n) is 2.16. The molecule has 9 heteroatoms. The van der Waals surface area contributed by atoms with Crippen molar-refractivity contribution in [3.8, 4) is 16.9 Å². The molecule has 0 bridgehead atoms. The number of benzene rings is 2. The molecule has 26 heavy (non-hydrogen) atoms. The van der Waals surface area contributed by atoms with Gasteiger partial charge in [0.15, 0.2) is 0 Å². The van der Waals surface area contributed by atoms with Gasteiger partial charge in [-0.1, -0.05) is 29.8 Å². The standard InChI is InChI=1S/C17H14F3N3O2S/c1-11-2-4-12(5-3-11)15-10-16(17(18,19)20)23(22-15)13-6-8-14(9-7-13)26(21,24)25/h2-10H,1H3,(H2,21,24,25)/i6D,7D,8D,9D. The summed E-state index contributed by atoms with van der Waals surface area (Å²) >= 11 is 0. The average molecular weight is 385 g/mol. The van der Waals surface area contributed by atoms with E-state index >= 15 is 0 Å². The first kappa shape index (κ1) is 13.5. The second-order valence-corrected chi connectivity index (χ2v) is 6.91. The summed E-state index contributed by atoms with van der Waals surface area (Å²) in [5, 5.41) is 8.79. The molecule has 5 nitrogen and oxygen atoms in total. The Hall–Kier alpha value is -2.65. The zero-order chi connectivity index (χ0) is 22.6. The van der Waals surface area contributed by atoms with Crippen molar-refractivity contribution >= 4 is 10.0 Å². The first-order valence-corrected chi connectivity index (χ1v) is 8.66. The van der Waals surface area contributed by atoms with Crippen molar-refractivity contribution in [2.24, 2.45) is 5.14 Å². The SMILES string of the molecule is [2H]c1c([2H])c(S(N)(=O)=O)c([2H])c([2H])c1-n1nc(-c2ccc(C)cc2)cc1C(F)(F)F. The van der Waals surface area contributed by atoms with Crippen LogP contribution in [0.1, 0.15) is 16.7 Å². The first-order valence-electron chi connectivity index (χ1n) is 9.11. The van der Waals surface area contributed by atoms with Gasteiger partial charge in [0, 0.05) is 5.56 Å². The predicted octanol–water partition coefficient (Wildman–Crippen LogP) is 3.51. The Morgan fingerprint density at radius 1 is 1.12 bits per heavy atom. The highest BCUT2D eigenvalue weighted by molar-refractivity contribution is 7.89. The van der Waals surface area contributed by atoms with Crippen molar-refractivity contribution in [3.05, 3.63) is 65.8 Å². The number of aromatic nitrogens is 2. The van der Waals surface area contributed by atoms with Crippen LogP contribution < -0.4 is 5.14 Å². The number of hydrogen-bond donors (Lipinski definition) is 1. The van der Waals surface area contributed by atoms with E-state index in [9.17, 15) is 21.6 Å². The summed E-state index contributed by atoms with van der Waals surface area (Å²) in [4.78, 5) is -1.11. The van der Waals surface area contributed by atoms with Crippen LogP contribution in [-0.2, 0) is 16.2 Å². The molecule has 1 aromatic heterocycles. The van der Waals surface area contributed by atoms with Crippen molar-refractivity contribution in [2.45, 2.75) is 18.0 Å². The van der Waals surface area contributed by atoms with Gasteiger partial charge in [0.05, 0.1) is 21.8 Å². The average Bonchev–Trinajstić information content (AvgIpc) is 3.05. The number of aryl methyl sites for hydroxylation is 1. The molecule has 0 unspecified atom stereocenters. The maximum atomic E-state index is 13.7. The van der Waals surface area contributed by atoms with Crippen molar-refractivity contribution in [2.75, 3.05) is 0 Å². The Morgan fingerprint density at radius 2 is 1.69 bits per heavy atom. The monoisotopic (exact) mass is 385 g/mol. The molecule has 2 aromatic carbocycles. The van der Waals surface area contributed by atoms with Gasteiger partial charge in [-0.2, -0.15) is 18.3 Å². The van der Waals surface area contributed by atoms with Crippen LogP contribution in [0.4, 0.5) is 13.2 Å². The fourth-order valence-corrected chi connectivity index (χ4v) is 2.55. The third-order valence-electron chi connectivity index (χ3n) is 3.43. The molecule has 0 spiro atoms. The molecular formula is C17H14F3N3O2S. The molecule has 0 fully saturated rings. The molecule has 0 amide bonds. The van der Waals surface area contributed by atoms with Crippen molar-refractivity contribution < 1.29 is 27.1 Å². The van der Waals surface area contributed by atoms with Gasteiger partial charge in [-0.25, -0.2) is 18.2 Å². The Kier molecular flexibility index (Phi) is 3.26.